The molecule has 0 aliphatic heterocycles. The molecule has 0 atom stereocenters. The maximum atomic E-state index is 2.34. The number of para-hydroxylation sites is 2. The van der Waals surface area contributed by atoms with Crippen LogP contribution in [0.15, 0.2) is 158 Å². The van der Waals surface area contributed by atoms with E-state index >= 15 is 0 Å². The van der Waals surface area contributed by atoms with Gasteiger partial charge >= 0.3 is 0 Å². The first kappa shape index (κ1) is 30.9. The second-order valence-corrected chi connectivity index (χ2v) is 14.0. The van der Waals surface area contributed by atoms with Crippen LogP contribution in [0.1, 0.15) is 52.7 Å². The first-order chi connectivity index (χ1) is 22.1. The number of anilines is 6. The fourth-order valence-corrected chi connectivity index (χ4v) is 5.88. The minimum Gasteiger partial charge on any atom is -0.310 e. The van der Waals surface area contributed by atoms with Gasteiger partial charge in [0.15, 0.2) is 0 Å². The minimum atomic E-state index is 0.0693. The number of hydrogen-bond acceptors (Lipinski definition) is 2. The van der Waals surface area contributed by atoms with E-state index < -0.39 is 0 Å². The molecule has 0 aromatic heterocycles. The van der Waals surface area contributed by atoms with Crippen molar-refractivity contribution in [1.82, 2.24) is 0 Å². The van der Waals surface area contributed by atoms with Crippen LogP contribution in [-0.4, -0.2) is 0 Å². The molecule has 2 nitrogen and oxygen atoms in total. The van der Waals surface area contributed by atoms with E-state index in [9.17, 15) is 0 Å². The van der Waals surface area contributed by atoms with E-state index in [1.807, 2.05) is 0 Å². The molecule has 6 aromatic rings. The molecule has 0 saturated carbocycles. The van der Waals surface area contributed by atoms with Gasteiger partial charge in [0.05, 0.1) is 0 Å². The zero-order valence-electron chi connectivity index (χ0n) is 27.9. The molecule has 0 saturated heterocycles. The lowest BCUT2D eigenvalue weighted by Crippen LogP contribution is -2.14. The van der Waals surface area contributed by atoms with E-state index in [1.165, 1.54) is 22.3 Å². The quantitative estimate of drug-likeness (QED) is 0.180. The van der Waals surface area contributed by atoms with Gasteiger partial charge in [-0.05, 0) is 106 Å². The van der Waals surface area contributed by atoms with E-state index in [0.717, 1.165) is 34.1 Å². The molecule has 6 rings (SSSR count). The van der Waals surface area contributed by atoms with Gasteiger partial charge in [-0.15, -0.1) is 0 Å². The number of hydrogen-bond donors (Lipinski definition) is 0. The monoisotopic (exact) mass is 600 g/mol. The standard InChI is InChI=1S/C44H44N2/c1-43(2,3)35-15-13-21-41(31-35)45(37-17-9-7-10-18-37)39-27-23-33(24-28-39)34-25-29-40(30-26-34)46(38-19-11-8-12-20-38)42-22-14-16-36(32-42)44(4,5)6/h7-32H,1-6H3. The molecule has 0 N–H and O–H groups in total. The third-order valence-electron chi connectivity index (χ3n) is 8.55. The fourth-order valence-electron chi connectivity index (χ4n) is 5.88. The highest BCUT2D eigenvalue weighted by atomic mass is 15.1. The van der Waals surface area contributed by atoms with Gasteiger partial charge in [-0.25, -0.2) is 0 Å². The summed E-state index contributed by atoms with van der Waals surface area (Å²) in [5, 5.41) is 0. The van der Waals surface area contributed by atoms with Crippen molar-refractivity contribution in [3.8, 4) is 11.1 Å². The highest BCUT2D eigenvalue weighted by Gasteiger charge is 2.19. The van der Waals surface area contributed by atoms with Gasteiger partial charge < -0.3 is 9.80 Å². The van der Waals surface area contributed by atoms with Crippen LogP contribution in [0.5, 0.6) is 0 Å². The van der Waals surface area contributed by atoms with Gasteiger partial charge in [0, 0.05) is 34.1 Å². The minimum absolute atomic E-state index is 0.0693. The third kappa shape index (κ3) is 6.77. The van der Waals surface area contributed by atoms with Crippen molar-refractivity contribution in [2.75, 3.05) is 9.80 Å². The van der Waals surface area contributed by atoms with E-state index in [-0.39, 0.29) is 10.8 Å². The van der Waals surface area contributed by atoms with Gasteiger partial charge in [-0.2, -0.15) is 0 Å². The predicted octanol–water partition coefficient (Wildman–Crippen LogP) is 12.9. The highest BCUT2D eigenvalue weighted by Crippen LogP contribution is 2.39. The van der Waals surface area contributed by atoms with Gasteiger partial charge in [0.1, 0.15) is 0 Å². The molecular weight excluding hydrogens is 556 g/mol. The van der Waals surface area contributed by atoms with Crippen molar-refractivity contribution in [1.29, 1.82) is 0 Å². The molecular formula is C44H44N2. The van der Waals surface area contributed by atoms with E-state index in [2.05, 4.69) is 209 Å². The molecule has 2 heteroatoms. The average Bonchev–Trinajstić information content (AvgIpc) is 3.06. The normalized spacial score (nSPS) is 11.7. The largest absolute Gasteiger partial charge is 0.310 e. The zero-order valence-corrected chi connectivity index (χ0v) is 27.9. The van der Waals surface area contributed by atoms with Crippen LogP contribution in [-0.2, 0) is 10.8 Å². The Balaban J connectivity index is 1.33. The zero-order chi connectivity index (χ0) is 32.3. The summed E-state index contributed by atoms with van der Waals surface area (Å²) in [7, 11) is 0. The Morgan fingerprint density at radius 3 is 0.935 bits per heavy atom. The molecule has 46 heavy (non-hydrogen) atoms. The summed E-state index contributed by atoms with van der Waals surface area (Å²) in [4.78, 5) is 4.68. The molecule has 0 bridgehead atoms. The van der Waals surface area contributed by atoms with Crippen molar-refractivity contribution in [2.24, 2.45) is 0 Å². The molecule has 0 heterocycles. The van der Waals surface area contributed by atoms with Crippen LogP contribution in [0.4, 0.5) is 34.1 Å². The summed E-state index contributed by atoms with van der Waals surface area (Å²) in [6.07, 6.45) is 0. The van der Waals surface area contributed by atoms with Crippen molar-refractivity contribution < 1.29 is 0 Å². The number of nitrogens with zero attached hydrogens (tertiary/aromatic N) is 2. The van der Waals surface area contributed by atoms with Crippen LogP contribution in [0.25, 0.3) is 11.1 Å². The van der Waals surface area contributed by atoms with Crippen molar-refractivity contribution >= 4 is 34.1 Å². The Labute approximate surface area is 275 Å². The predicted molar refractivity (Wildman–Crippen MR) is 199 cm³/mol. The van der Waals surface area contributed by atoms with E-state index in [4.69, 9.17) is 0 Å². The summed E-state index contributed by atoms with van der Waals surface area (Å²) in [5.74, 6) is 0. The Morgan fingerprint density at radius 1 is 0.304 bits per heavy atom. The molecule has 0 spiro atoms. The molecule has 0 amide bonds. The van der Waals surface area contributed by atoms with Gasteiger partial charge in [0.25, 0.3) is 0 Å². The fraction of sp³-hybridized carbons (Fsp3) is 0.182. The van der Waals surface area contributed by atoms with Crippen LogP contribution >= 0.6 is 0 Å². The van der Waals surface area contributed by atoms with Crippen LogP contribution in [0.3, 0.4) is 0 Å². The Morgan fingerprint density at radius 2 is 0.609 bits per heavy atom. The molecule has 0 aliphatic rings. The van der Waals surface area contributed by atoms with Crippen molar-refractivity contribution in [3.63, 3.8) is 0 Å². The van der Waals surface area contributed by atoms with Crippen molar-refractivity contribution in [3.05, 3.63) is 169 Å². The molecule has 0 radical (unpaired) electrons. The van der Waals surface area contributed by atoms with Crippen LogP contribution in [0, 0.1) is 0 Å². The van der Waals surface area contributed by atoms with Gasteiger partial charge in [-0.1, -0.05) is 126 Å². The number of benzene rings is 6. The average molecular weight is 601 g/mol. The molecule has 0 unspecified atom stereocenters. The topological polar surface area (TPSA) is 6.48 Å². The second-order valence-electron chi connectivity index (χ2n) is 14.0. The first-order valence-electron chi connectivity index (χ1n) is 16.2. The maximum Gasteiger partial charge on any atom is 0.0464 e. The summed E-state index contributed by atoms with van der Waals surface area (Å²) >= 11 is 0. The summed E-state index contributed by atoms with van der Waals surface area (Å²) in [5.41, 5.74) is 12.0. The van der Waals surface area contributed by atoms with Gasteiger partial charge in [-0.3, -0.25) is 0 Å². The smallest absolute Gasteiger partial charge is 0.0464 e. The summed E-state index contributed by atoms with van der Waals surface area (Å²) in [6, 6.07) is 56.9. The van der Waals surface area contributed by atoms with Gasteiger partial charge in [0.2, 0.25) is 0 Å². The lowest BCUT2D eigenvalue weighted by Gasteiger charge is -2.28. The second kappa shape index (κ2) is 12.7. The lowest BCUT2D eigenvalue weighted by atomic mass is 9.87. The Bertz CT molecular complexity index is 1730. The molecule has 0 fully saturated rings. The number of rotatable bonds is 7. The van der Waals surface area contributed by atoms with Crippen LogP contribution < -0.4 is 9.80 Å². The molecule has 0 aliphatic carbocycles. The van der Waals surface area contributed by atoms with Crippen LogP contribution in [0.2, 0.25) is 0 Å². The van der Waals surface area contributed by atoms with E-state index in [1.54, 1.807) is 0 Å². The Hall–Kier alpha value is -5.08. The first-order valence-corrected chi connectivity index (χ1v) is 16.2. The van der Waals surface area contributed by atoms with Crippen molar-refractivity contribution in [2.45, 2.75) is 52.4 Å². The maximum absolute atomic E-state index is 2.34. The molecule has 6 aromatic carbocycles. The third-order valence-corrected chi connectivity index (χ3v) is 8.55. The van der Waals surface area contributed by atoms with E-state index in [0.29, 0.717) is 0 Å². The summed E-state index contributed by atoms with van der Waals surface area (Å²) < 4.78 is 0. The Kier molecular flexibility index (Phi) is 8.56. The highest BCUT2D eigenvalue weighted by molar-refractivity contribution is 5.81. The SMILES string of the molecule is CC(C)(C)c1cccc(N(c2ccccc2)c2ccc(-c3ccc(N(c4ccccc4)c4cccc(C(C)(C)C)c4)cc3)cc2)c1. The lowest BCUT2D eigenvalue weighted by molar-refractivity contribution is 0.590. The summed E-state index contributed by atoms with van der Waals surface area (Å²) in [6.45, 7) is 13.6. The molecule has 230 valence electrons.